The number of nitrogens with zero attached hydrogens (tertiary/aromatic N) is 2. The van der Waals surface area contributed by atoms with E-state index in [9.17, 15) is 22.8 Å². The highest BCUT2D eigenvalue weighted by molar-refractivity contribution is 6.67. The molecule has 0 N–H and O–H groups in total. The molecular weight excluding hydrogens is 368 g/mol. The van der Waals surface area contributed by atoms with Crippen molar-refractivity contribution < 1.29 is 18.0 Å². The fourth-order valence-corrected chi connectivity index (χ4v) is 2.53. The second-order valence-corrected chi connectivity index (χ2v) is 5.47. The van der Waals surface area contributed by atoms with Crippen molar-refractivity contribution in [1.29, 1.82) is 0 Å². The van der Waals surface area contributed by atoms with Gasteiger partial charge in [0.25, 0.3) is 5.24 Å². The molecule has 0 saturated heterocycles. The van der Waals surface area contributed by atoms with Gasteiger partial charge in [0.1, 0.15) is 22.3 Å². The largest absolute Gasteiger partial charge is 0.295 e. The highest BCUT2D eigenvalue weighted by atomic mass is 35.5. The van der Waals surface area contributed by atoms with Crippen molar-refractivity contribution >= 4 is 39.5 Å². The molecule has 0 aliphatic rings. The third-order valence-electron chi connectivity index (χ3n) is 3.25. The number of carbonyl (C=O) groups excluding carboxylic acids is 1. The predicted molar refractivity (Wildman–Crippen MR) is 82.4 cm³/mol. The summed E-state index contributed by atoms with van der Waals surface area (Å²) in [5, 5.41) is -1.30. The monoisotopic (exact) mass is 372 g/mol. The molecule has 122 valence electrons. The van der Waals surface area contributed by atoms with Gasteiger partial charge in [-0.2, -0.15) is 0 Å². The normalized spacial score (nSPS) is 11.0. The third kappa shape index (κ3) is 2.65. The lowest BCUT2D eigenvalue weighted by Crippen LogP contribution is -2.18. The quantitative estimate of drug-likeness (QED) is 0.507. The second kappa shape index (κ2) is 5.92. The number of benzene rings is 1. The lowest BCUT2D eigenvalue weighted by atomic mass is 10.2. The molecule has 4 nitrogen and oxygen atoms in total. The van der Waals surface area contributed by atoms with Gasteiger partial charge in [-0.1, -0.05) is 11.6 Å². The summed E-state index contributed by atoms with van der Waals surface area (Å²) in [6.45, 7) is 0. The molecule has 0 amide bonds. The van der Waals surface area contributed by atoms with Gasteiger partial charge in [0.2, 0.25) is 5.43 Å². The maximum Gasteiger partial charge on any atom is 0.257 e. The van der Waals surface area contributed by atoms with Crippen LogP contribution >= 0.6 is 23.2 Å². The lowest BCUT2D eigenvalue weighted by molar-refractivity contribution is 0.108. The molecule has 0 saturated carbocycles. The fraction of sp³-hybridized carbons (Fsp3) is 0. The van der Waals surface area contributed by atoms with E-state index in [4.69, 9.17) is 23.2 Å². The summed E-state index contributed by atoms with van der Waals surface area (Å²) < 4.78 is 42.1. The van der Waals surface area contributed by atoms with Crippen molar-refractivity contribution in [3.63, 3.8) is 0 Å². The van der Waals surface area contributed by atoms with Gasteiger partial charge in [-0.25, -0.2) is 18.2 Å². The summed E-state index contributed by atoms with van der Waals surface area (Å²) in [7, 11) is 0. The molecule has 0 aliphatic heterocycles. The second-order valence-electron chi connectivity index (χ2n) is 4.74. The summed E-state index contributed by atoms with van der Waals surface area (Å²) in [6, 6.07) is 3.42. The zero-order valence-electron chi connectivity index (χ0n) is 11.5. The van der Waals surface area contributed by atoms with E-state index in [2.05, 4.69) is 4.98 Å². The minimum Gasteiger partial charge on any atom is -0.295 e. The molecule has 9 heteroatoms. The zero-order chi connectivity index (χ0) is 17.6. The van der Waals surface area contributed by atoms with E-state index in [1.807, 2.05) is 0 Å². The van der Waals surface area contributed by atoms with Crippen molar-refractivity contribution in [2.24, 2.45) is 0 Å². The van der Waals surface area contributed by atoms with Crippen LogP contribution in [0, 0.1) is 17.5 Å². The van der Waals surface area contributed by atoms with Crippen molar-refractivity contribution in [1.82, 2.24) is 9.55 Å². The van der Waals surface area contributed by atoms with Crippen LogP contribution in [-0.2, 0) is 0 Å². The summed E-state index contributed by atoms with van der Waals surface area (Å²) >= 11 is 11.1. The minimum absolute atomic E-state index is 0.0523. The number of pyridine rings is 2. The van der Waals surface area contributed by atoms with E-state index in [1.54, 1.807) is 0 Å². The lowest BCUT2D eigenvalue weighted by Gasteiger charge is -2.13. The Labute approximate surface area is 142 Å². The SMILES string of the molecule is O=C(Cl)c1cn(-c2c(F)cc(F)cc2F)c2nc(Cl)ccc2c1=O. The van der Waals surface area contributed by atoms with Crippen molar-refractivity contribution in [2.45, 2.75) is 0 Å². The predicted octanol–water partition coefficient (Wildman–Crippen LogP) is 3.84. The van der Waals surface area contributed by atoms with E-state index < -0.39 is 39.4 Å². The summed E-state index contributed by atoms with van der Waals surface area (Å²) in [6.07, 6.45) is 0.836. The Kier molecular flexibility index (Phi) is 4.06. The number of fused-ring (bicyclic) bond motifs is 1. The Morgan fingerprint density at radius 1 is 1.12 bits per heavy atom. The third-order valence-corrected chi connectivity index (χ3v) is 3.67. The zero-order valence-corrected chi connectivity index (χ0v) is 13.0. The molecular formula is C15H5Cl2F3N2O2. The molecule has 0 atom stereocenters. The van der Waals surface area contributed by atoms with E-state index in [0.717, 1.165) is 10.8 Å². The van der Waals surface area contributed by atoms with Gasteiger partial charge in [-0.05, 0) is 23.7 Å². The van der Waals surface area contributed by atoms with Gasteiger partial charge < -0.3 is 0 Å². The van der Waals surface area contributed by atoms with Gasteiger partial charge in [0, 0.05) is 18.3 Å². The Balaban J connectivity index is 2.53. The fourth-order valence-electron chi connectivity index (χ4n) is 2.26. The van der Waals surface area contributed by atoms with E-state index in [-0.39, 0.29) is 16.2 Å². The van der Waals surface area contributed by atoms with Gasteiger partial charge in [-0.15, -0.1) is 0 Å². The van der Waals surface area contributed by atoms with Gasteiger partial charge in [0.15, 0.2) is 11.6 Å². The van der Waals surface area contributed by atoms with Crippen molar-refractivity contribution in [3.8, 4) is 5.69 Å². The van der Waals surface area contributed by atoms with Crippen LogP contribution in [0.3, 0.4) is 0 Å². The first-order chi connectivity index (χ1) is 11.3. The smallest absolute Gasteiger partial charge is 0.257 e. The van der Waals surface area contributed by atoms with Crippen LogP contribution in [0.4, 0.5) is 13.2 Å². The first-order valence-electron chi connectivity index (χ1n) is 6.36. The molecule has 1 aromatic carbocycles. The standard InChI is InChI=1S/C15H5Cl2F3N2O2/c16-11-2-1-7-13(23)8(14(17)24)5-22(15(7)21-11)12-9(19)3-6(18)4-10(12)20/h1-5H. The number of hydrogen-bond donors (Lipinski definition) is 0. The maximum atomic E-state index is 14.1. The van der Waals surface area contributed by atoms with E-state index >= 15 is 0 Å². The Morgan fingerprint density at radius 3 is 2.33 bits per heavy atom. The molecule has 0 spiro atoms. The highest BCUT2D eigenvalue weighted by Crippen LogP contribution is 2.24. The van der Waals surface area contributed by atoms with Crippen LogP contribution in [0.2, 0.25) is 5.15 Å². The highest BCUT2D eigenvalue weighted by Gasteiger charge is 2.20. The number of rotatable bonds is 2. The molecule has 3 aromatic rings. The van der Waals surface area contributed by atoms with Crippen LogP contribution < -0.4 is 5.43 Å². The van der Waals surface area contributed by atoms with Crippen LogP contribution in [0.25, 0.3) is 16.7 Å². The Bertz CT molecular complexity index is 1040. The number of carbonyl (C=O) groups is 1. The molecule has 0 aliphatic carbocycles. The molecule has 0 fully saturated rings. The van der Waals surface area contributed by atoms with Gasteiger partial charge in [0.05, 0.1) is 10.9 Å². The van der Waals surface area contributed by atoms with E-state index in [0.29, 0.717) is 12.1 Å². The first kappa shape index (κ1) is 16.5. The Morgan fingerprint density at radius 2 is 1.75 bits per heavy atom. The topological polar surface area (TPSA) is 52.0 Å². The summed E-state index contributed by atoms with van der Waals surface area (Å²) in [4.78, 5) is 27.5. The number of aromatic nitrogens is 2. The van der Waals surface area contributed by atoms with Crippen molar-refractivity contribution in [3.05, 3.63) is 68.9 Å². The maximum absolute atomic E-state index is 14.1. The number of hydrogen-bond acceptors (Lipinski definition) is 3. The summed E-state index contributed by atoms with van der Waals surface area (Å²) in [5.41, 5.74) is -2.22. The van der Waals surface area contributed by atoms with Gasteiger partial charge >= 0.3 is 0 Å². The molecule has 3 rings (SSSR count). The van der Waals surface area contributed by atoms with Crippen LogP contribution in [0.15, 0.2) is 35.3 Å². The molecule has 2 heterocycles. The summed E-state index contributed by atoms with van der Waals surface area (Å²) in [5.74, 6) is -3.64. The van der Waals surface area contributed by atoms with Crippen molar-refractivity contribution in [2.75, 3.05) is 0 Å². The minimum atomic E-state index is -1.26. The van der Waals surface area contributed by atoms with E-state index in [1.165, 1.54) is 12.1 Å². The molecule has 0 unspecified atom stereocenters. The van der Waals surface area contributed by atoms with Crippen LogP contribution in [0.5, 0.6) is 0 Å². The molecule has 0 bridgehead atoms. The molecule has 24 heavy (non-hydrogen) atoms. The Hall–Kier alpha value is -2.38. The average molecular weight is 373 g/mol. The number of halogens is 5. The average Bonchev–Trinajstić information content (AvgIpc) is 2.48. The van der Waals surface area contributed by atoms with Crippen LogP contribution in [-0.4, -0.2) is 14.8 Å². The first-order valence-corrected chi connectivity index (χ1v) is 7.12. The molecule has 2 aromatic heterocycles. The molecule has 0 radical (unpaired) electrons. The van der Waals surface area contributed by atoms with Gasteiger partial charge in [-0.3, -0.25) is 14.2 Å². The van der Waals surface area contributed by atoms with Crippen LogP contribution in [0.1, 0.15) is 10.4 Å².